The summed E-state index contributed by atoms with van der Waals surface area (Å²) in [7, 11) is -3.62. The Morgan fingerprint density at radius 3 is 2.84 bits per heavy atom. The zero-order valence-corrected chi connectivity index (χ0v) is 19.5. The van der Waals surface area contributed by atoms with E-state index in [1.165, 1.54) is 0 Å². The van der Waals surface area contributed by atoms with Crippen molar-refractivity contribution in [1.29, 1.82) is 0 Å². The molecule has 1 aliphatic rings. The Balaban J connectivity index is 1.86. The highest BCUT2D eigenvalue weighted by Gasteiger charge is 2.26. The van der Waals surface area contributed by atoms with E-state index in [1.54, 1.807) is 29.0 Å². The van der Waals surface area contributed by atoms with Crippen molar-refractivity contribution in [3.05, 3.63) is 60.4 Å². The number of benzene rings is 1. The van der Waals surface area contributed by atoms with E-state index in [9.17, 15) is 8.42 Å². The molecule has 1 saturated heterocycles. The molecule has 0 radical (unpaired) electrons. The topological polar surface area (TPSA) is 76.5 Å². The molecule has 1 fully saturated rings. The zero-order chi connectivity index (χ0) is 22.3. The lowest BCUT2D eigenvalue weighted by atomic mass is 10.2. The van der Waals surface area contributed by atoms with Crippen LogP contribution in [0.3, 0.4) is 0 Å². The van der Waals surface area contributed by atoms with Crippen LogP contribution in [0.15, 0.2) is 54.3 Å². The van der Waals surface area contributed by atoms with Gasteiger partial charge in [0, 0.05) is 26.2 Å². The van der Waals surface area contributed by atoms with E-state index in [4.69, 9.17) is 17.0 Å². The summed E-state index contributed by atoms with van der Waals surface area (Å²) < 4.78 is 33.7. The quantitative estimate of drug-likeness (QED) is 0.430. The first kappa shape index (κ1) is 23.4. The first-order valence-corrected chi connectivity index (χ1v) is 12.6. The molecule has 1 aromatic carbocycles. The Bertz CT molecular complexity index is 983. The second-order valence-corrected chi connectivity index (χ2v) is 9.80. The number of aromatic nitrogens is 2. The van der Waals surface area contributed by atoms with E-state index in [0.717, 1.165) is 30.7 Å². The number of nitrogens with zero attached hydrogens (tertiary/aromatic N) is 3. The number of allylic oxidation sites excluding steroid dienone is 1. The molecule has 0 bridgehead atoms. The van der Waals surface area contributed by atoms with Crippen LogP contribution in [0.2, 0.25) is 0 Å². The zero-order valence-electron chi connectivity index (χ0n) is 17.9. The minimum Gasteiger partial charge on any atom is -0.376 e. The van der Waals surface area contributed by atoms with Gasteiger partial charge >= 0.3 is 0 Å². The smallest absolute Gasteiger partial charge is 0.228 e. The lowest BCUT2D eigenvalue weighted by Gasteiger charge is -2.28. The van der Waals surface area contributed by atoms with E-state index in [1.807, 2.05) is 30.0 Å². The van der Waals surface area contributed by atoms with Crippen LogP contribution in [0.1, 0.15) is 31.0 Å². The second-order valence-electron chi connectivity index (χ2n) is 7.53. The van der Waals surface area contributed by atoms with Gasteiger partial charge in [-0.2, -0.15) is 0 Å². The molecule has 31 heavy (non-hydrogen) atoms. The van der Waals surface area contributed by atoms with Gasteiger partial charge in [0.2, 0.25) is 15.0 Å². The molecule has 0 saturated carbocycles. The third-order valence-electron chi connectivity index (χ3n) is 5.11. The highest BCUT2D eigenvalue weighted by atomic mass is 32.2. The lowest BCUT2D eigenvalue weighted by molar-refractivity contribution is 0.0893. The number of hydrogen-bond acceptors (Lipinski definition) is 5. The fourth-order valence-corrected chi connectivity index (χ4v) is 5.45. The Labute approximate surface area is 190 Å². The molecule has 0 unspecified atom stereocenters. The Morgan fingerprint density at radius 1 is 1.42 bits per heavy atom. The molecule has 1 aromatic heterocycles. The van der Waals surface area contributed by atoms with Gasteiger partial charge in [0.25, 0.3) is 0 Å². The number of sulfone groups is 1. The molecule has 0 amide bonds. The second kappa shape index (κ2) is 10.9. The van der Waals surface area contributed by atoms with Gasteiger partial charge in [-0.25, -0.2) is 13.4 Å². The lowest BCUT2D eigenvalue weighted by Crippen LogP contribution is -2.43. The van der Waals surface area contributed by atoms with Crippen molar-refractivity contribution in [2.24, 2.45) is 0 Å². The number of rotatable bonds is 10. The summed E-state index contributed by atoms with van der Waals surface area (Å²) >= 11 is 5.57. The largest absolute Gasteiger partial charge is 0.376 e. The number of hydrogen-bond donors (Lipinski definition) is 1. The summed E-state index contributed by atoms with van der Waals surface area (Å²) in [5.41, 5.74) is 1.50. The minimum absolute atomic E-state index is 0.0534. The molecule has 3 rings (SSSR count). The van der Waals surface area contributed by atoms with Crippen molar-refractivity contribution < 1.29 is 13.2 Å². The highest BCUT2D eigenvalue weighted by molar-refractivity contribution is 7.90. The van der Waals surface area contributed by atoms with Crippen LogP contribution < -0.4 is 5.32 Å². The van der Waals surface area contributed by atoms with Crippen LogP contribution >= 0.6 is 12.2 Å². The predicted octanol–water partition coefficient (Wildman–Crippen LogP) is 2.92. The summed E-state index contributed by atoms with van der Waals surface area (Å²) in [5, 5.41) is 3.87. The molecule has 0 aliphatic carbocycles. The van der Waals surface area contributed by atoms with E-state index in [2.05, 4.69) is 16.9 Å². The number of nitrogens with one attached hydrogen (secondary N) is 1. The molecule has 2 aromatic rings. The first-order valence-electron chi connectivity index (χ1n) is 10.5. The minimum atomic E-state index is -3.62. The van der Waals surface area contributed by atoms with E-state index < -0.39 is 9.84 Å². The van der Waals surface area contributed by atoms with Gasteiger partial charge in [-0.15, -0.1) is 6.58 Å². The van der Waals surface area contributed by atoms with Gasteiger partial charge in [0.15, 0.2) is 5.11 Å². The molecule has 1 atom stereocenters. The maximum absolute atomic E-state index is 13.1. The first-order chi connectivity index (χ1) is 14.9. The summed E-state index contributed by atoms with van der Waals surface area (Å²) in [4.78, 5) is 6.33. The van der Waals surface area contributed by atoms with Crippen LogP contribution in [-0.2, 0) is 33.4 Å². The third-order valence-corrected chi connectivity index (χ3v) is 7.11. The van der Waals surface area contributed by atoms with Crippen LogP contribution in [0.5, 0.6) is 0 Å². The molecule has 168 valence electrons. The maximum atomic E-state index is 13.1. The molecular formula is C22H30N4O3S2. The third kappa shape index (κ3) is 6.15. The fraction of sp³-hybridized carbons (Fsp3) is 0.455. The summed E-state index contributed by atoms with van der Waals surface area (Å²) in [6.45, 7) is 8.70. The average molecular weight is 463 g/mol. The standard InChI is InChI=1S/C22H30N4O3S2/c1-3-12-26-19(15-25(21(30)23-4-2)16-20-11-8-13-29-20)14-24-22(26)31(27,28)17-18-9-6-5-7-10-18/h3,5-7,9-10,14,20H,1,4,8,11-13,15-17H2,2H3,(H,23,30)/t20-/m1/s1. The number of thiocarbonyl (C=S) groups is 1. The average Bonchev–Trinajstić information content (AvgIpc) is 3.39. The van der Waals surface area contributed by atoms with Crippen molar-refractivity contribution in [1.82, 2.24) is 19.8 Å². The molecule has 0 spiro atoms. The summed E-state index contributed by atoms with van der Waals surface area (Å²) in [6.07, 6.45) is 5.46. The summed E-state index contributed by atoms with van der Waals surface area (Å²) in [5.74, 6) is -0.100. The van der Waals surface area contributed by atoms with Gasteiger partial charge < -0.3 is 19.5 Å². The van der Waals surface area contributed by atoms with E-state index in [0.29, 0.717) is 31.3 Å². The SMILES string of the molecule is C=CCn1c(CN(C[C@H]2CCCO2)C(=S)NCC)cnc1S(=O)(=O)Cc1ccccc1. The highest BCUT2D eigenvalue weighted by Crippen LogP contribution is 2.20. The van der Waals surface area contributed by atoms with Crippen molar-refractivity contribution >= 4 is 27.2 Å². The molecule has 1 aliphatic heterocycles. The van der Waals surface area contributed by atoms with Crippen molar-refractivity contribution in [3.63, 3.8) is 0 Å². The molecule has 1 N–H and O–H groups in total. The van der Waals surface area contributed by atoms with Crippen molar-refractivity contribution in [3.8, 4) is 0 Å². The fourth-order valence-electron chi connectivity index (χ4n) is 3.66. The maximum Gasteiger partial charge on any atom is 0.228 e. The van der Waals surface area contributed by atoms with Gasteiger partial charge in [0.05, 0.1) is 30.3 Å². The van der Waals surface area contributed by atoms with Crippen LogP contribution in [0.25, 0.3) is 0 Å². The monoisotopic (exact) mass is 462 g/mol. The van der Waals surface area contributed by atoms with Gasteiger partial charge in [-0.3, -0.25) is 0 Å². The van der Waals surface area contributed by atoms with Crippen LogP contribution in [-0.4, -0.2) is 53.8 Å². The van der Waals surface area contributed by atoms with Crippen LogP contribution in [0, 0.1) is 0 Å². The summed E-state index contributed by atoms with van der Waals surface area (Å²) in [6, 6.07) is 9.13. The van der Waals surface area contributed by atoms with E-state index in [-0.39, 0.29) is 17.0 Å². The molecule has 7 nitrogen and oxygen atoms in total. The predicted molar refractivity (Wildman–Crippen MR) is 125 cm³/mol. The Hall–Kier alpha value is -2.23. The number of imidazole rings is 1. The molecule has 9 heteroatoms. The number of ether oxygens (including phenoxy) is 1. The van der Waals surface area contributed by atoms with Crippen LogP contribution in [0.4, 0.5) is 0 Å². The van der Waals surface area contributed by atoms with Crippen molar-refractivity contribution in [2.45, 2.75) is 49.9 Å². The normalized spacial score (nSPS) is 16.2. The molecule has 2 heterocycles. The van der Waals surface area contributed by atoms with Gasteiger partial charge in [0.1, 0.15) is 0 Å². The van der Waals surface area contributed by atoms with Gasteiger partial charge in [-0.05, 0) is 37.5 Å². The Kier molecular flexibility index (Phi) is 8.22. The Morgan fingerprint density at radius 2 is 2.19 bits per heavy atom. The molecular weight excluding hydrogens is 432 g/mol. The van der Waals surface area contributed by atoms with Gasteiger partial charge in [-0.1, -0.05) is 36.4 Å². The van der Waals surface area contributed by atoms with Crippen molar-refractivity contribution in [2.75, 3.05) is 19.7 Å². The van der Waals surface area contributed by atoms with E-state index >= 15 is 0 Å².